The highest BCUT2D eigenvalue weighted by Gasteiger charge is 2.09. The standard InChI is InChI=1S/C13H17N3/c1-10-4-3-5-12(6-10)13-8-15-9-16(13)11(2)7-14/h3-6,8-9,11H,7,14H2,1-2H3. The molecule has 0 amide bonds. The van der Waals surface area contributed by atoms with Crippen LogP contribution in [-0.2, 0) is 0 Å². The first-order valence-corrected chi connectivity index (χ1v) is 5.51. The van der Waals surface area contributed by atoms with Crippen LogP contribution in [0.25, 0.3) is 11.3 Å². The molecule has 1 aromatic heterocycles. The van der Waals surface area contributed by atoms with Gasteiger partial charge in [-0.2, -0.15) is 0 Å². The second kappa shape index (κ2) is 4.49. The van der Waals surface area contributed by atoms with Gasteiger partial charge >= 0.3 is 0 Å². The van der Waals surface area contributed by atoms with Crippen molar-refractivity contribution in [1.82, 2.24) is 9.55 Å². The van der Waals surface area contributed by atoms with Crippen molar-refractivity contribution in [2.45, 2.75) is 19.9 Å². The van der Waals surface area contributed by atoms with Crippen molar-refractivity contribution in [3.8, 4) is 11.3 Å². The number of hydrogen-bond acceptors (Lipinski definition) is 2. The van der Waals surface area contributed by atoms with Crippen molar-refractivity contribution in [2.75, 3.05) is 6.54 Å². The third kappa shape index (κ3) is 1.99. The van der Waals surface area contributed by atoms with E-state index >= 15 is 0 Å². The minimum absolute atomic E-state index is 0.276. The average molecular weight is 215 g/mol. The molecule has 84 valence electrons. The summed E-state index contributed by atoms with van der Waals surface area (Å²) in [4.78, 5) is 4.20. The normalized spacial score (nSPS) is 12.7. The molecule has 0 saturated carbocycles. The molecule has 3 heteroatoms. The van der Waals surface area contributed by atoms with Gasteiger partial charge in [-0.15, -0.1) is 0 Å². The number of aromatic nitrogens is 2. The highest BCUT2D eigenvalue weighted by molar-refractivity contribution is 5.59. The zero-order chi connectivity index (χ0) is 11.5. The molecule has 0 radical (unpaired) electrons. The summed E-state index contributed by atoms with van der Waals surface area (Å²) in [6.07, 6.45) is 3.73. The van der Waals surface area contributed by atoms with Crippen molar-refractivity contribution >= 4 is 0 Å². The molecule has 1 unspecified atom stereocenters. The van der Waals surface area contributed by atoms with Crippen LogP contribution in [0.1, 0.15) is 18.5 Å². The van der Waals surface area contributed by atoms with Crippen molar-refractivity contribution in [3.05, 3.63) is 42.4 Å². The van der Waals surface area contributed by atoms with E-state index in [2.05, 4.69) is 47.7 Å². The van der Waals surface area contributed by atoms with Crippen LogP contribution >= 0.6 is 0 Å². The first-order chi connectivity index (χ1) is 7.72. The first-order valence-electron chi connectivity index (χ1n) is 5.51. The Balaban J connectivity index is 2.44. The SMILES string of the molecule is Cc1cccc(-c2cncn2C(C)CN)c1. The Labute approximate surface area is 95.9 Å². The van der Waals surface area contributed by atoms with Crippen molar-refractivity contribution in [3.63, 3.8) is 0 Å². The summed E-state index contributed by atoms with van der Waals surface area (Å²) in [6.45, 7) is 4.81. The summed E-state index contributed by atoms with van der Waals surface area (Å²) in [6, 6.07) is 8.70. The van der Waals surface area contributed by atoms with Crippen LogP contribution in [0, 0.1) is 6.92 Å². The molecule has 0 spiro atoms. The Hall–Kier alpha value is -1.61. The summed E-state index contributed by atoms with van der Waals surface area (Å²) in [7, 11) is 0. The smallest absolute Gasteiger partial charge is 0.0953 e. The van der Waals surface area contributed by atoms with Gasteiger partial charge in [0.05, 0.1) is 18.2 Å². The molecule has 0 aliphatic heterocycles. The molecule has 16 heavy (non-hydrogen) atoms. The van der Waals surface area contributed by atoms with Gasteiger partial charge in [0.1, 0.15) is 0 Å². The van der Waals surface area contributed by atoms with Crippen LogP contribution in [0.15, 0.2) is 36.8 Å². The van der Waals surface area contributed by atoms with Gasteiger partial charge < -0.3 is 10.3 Å². The van der Waals surface area contributed by atoms with E-state index in [9.17, 15) is 0 Å². The van der Waals surface area contributed by atoms with Gasteiger partial charge in [-0.3, -0.25) is 0 Å². The predicted molar refractivity (Wildman–Crippen MR) is 66.2 cm³/mol. The maximum atomic E-state index is 5.69. The molecule has 0 saturated heterocycles. The summed E-state index contributed by atoms with van der Waals surface area (Å²) < 4.78 is 2.12. The van der Waals surface area contributed by atoms with Crippen LogP contribution in [-0.4, -0.2) is 16.1 Å². The molecule has 1 heterocycles. The van der Waals surface area contributed by atoms with Crippen LogP contribution in [0.2, 0.25) is 0 Å². The largest absolute Gasteiger partial charge is 0.328 e. The molecular formula is C13H17N3. The van der Waals surface area contributed by atoms with Crippen molar-refractivity contribution in [2.24, 2.45) is 5.73 Å². The summed E-state index contributed by atoms with van der Waals surface area (Å²) in [5.74, 6) is 0. The Bertz CT molecular complexity index is 474. The van der Waals surface area contributed by atoms with Crippen LogP contribution in [0.5, 0.6) is 0 Å². The highest BCUT2D eigenvalue weighted by atomic mass is 15.1. The third-order valence-corrected chi connectivity index (χ3v) is 2.80. The number of benzene rings is 1. The van der Waals surface area contributed by atoms with E-state index in [1.165, 1.54) is 11.1 Å². The zero-order valence-electron chi connectivity index (χ0n) is 9.72. The van der Waals surface area contributed by atoms with Gasteiger partial charge in [0.15, 0.2) is 0 Å². The fourth-order valence-corrected chi connectivity index (χ4v) is 1.80. The predicted octanol–water partition coefficient (Wildman–Crippen LogP) is 2.38. The molecule has 0 aliphatic carbocycles. The second-order valence-corrected chi connectivity index (χ2v) is 4.14. The Morgan fingerprint density at radius 2 is 2.25 bits per heavy atom. The lowest BCUT2D eigenvalue weighted by Gasteiger charge is -2.14. The summed E-state index contributed by atoms with van der Waals surface area (Å²) >= 11 is 0. The summed E-state index contributed by atoms with van der Waals surface area (Å²) in [5.41, 5.74) is 9.27. The van der Waals surface area contributed by atoms with Gasteiger partial charge in [0.2, 0.25) is 0 Å². The maximum Gasteiger partial charge on any atom is 0.0953 e. The molecule has 1 aromatic carbocycles. The van der Waals surface area contributed by atoms with Crippen LogP contribution in [0.3, 0.4) is 0 Å². The maximum absolute atomic E-state index is 5.69. The van der Waals surface area contributed by atoms with E-state index in [1.54, 1.807) is 0 Å². The van der Waals surface area contributed by atoms with Crippen LogP contribution < -0.4 is 5.73 Å². The fourth-order valence-electron chi connectivity index (χ4n) is 1.80. The monoisotopic (exact) mass is 215 g/mol. The number of hydrogen-bond donors (Lipinski definition) is 1. The molecule has 2 aromatic rings. The minimum atomic E-state index is 0.276. The van der Waals surface area contributed by atoms with Gasteiger partial charge in [0.25, 0.3) is 0 Å². The lowest BCUT2D eigenvalue weighted by atomic mass is 10.1. The zero-order valence-corrected chi connectivity index (χ0v) is 9.72. The van der Waals surface area contributed by atoms with Gasteiger partial charge in [-0.25, -0.2) is 4.98 Å². The van der Waals surface area contributed by atoms with Crippen LogP contribution in [0.4, 0.5) is 0 Å². The van der Waals surface area contributed by atoms with E-state index in [-0.39, 0.29) is 6.04 Å². The molecule has 3 nitrogen and oxygen atoms in total. The number of nitrogens with zero attached hydrogens (tertiary/aromatic N) is 2. The Kier molecular flexibility index (Phi) is 3.06. The molecule has 2 N–H and O–H groups in total. The van der Waals surface area contributed by atoms with E-state index in [1.807, 2.05) is 12.5 Å². The van der Waals surface area contributed by atoms with E-state index in [0.29, 0.717) is 6.54 Å². The van der Waals surface area contributed by atoms with Gasteiger partial charge in [-0.1, -0.05) is 23.8 Å². The first kappa shape index (κ1) is 10.9. The summed E-state index contributed by atoms with van der Waals surface area (Å²) in [5, 5.41) is 0. The van der Waals surface area contributed by atoms with Crippen molar-refractivity contribution < 1.29 is 0 Å². The molecule has 0 fully saturated rings. The number of nitrogens with two attached hydrogens (primary N) is 1. The van der Waals surface area contributed by atoms with Gasteiger partial charge in [0, 0.05) is 18.2 Å². The third-order valence-electron chi connectivity index (χ3n) is 2.80. The van der Waals surface area contributed by atoms with Crippen molar-refractivity contribution in [1.29, 1.82) is 0 Å². The molecule has 0 aliphatic rings. The highest BCUT2D eigenvalue weighted by Crippen LogP contribution is 2.22. The van der Waals surface area contributed by atoms with E-state index in [4.69, 9.17) is 5.73 Å². The molecular weight excluding hydrogens is 198 g/mol. The fraction of sp³-hybridized carbons (Fsp3) is 0.308. The second-order valence-electron chi connectivity index (χ2n) is 4.14. The molecule has 0 bridgehead atoms. The van der Waals surface area contributed by atoms with E-state index < -0.39 is 0 Å². The minimum Gasteiger partial charge on any atom is -0.328 e. The Morgan fingerprint density at radius 1 is 1.44 bits per heavy atom. The average Bonchev–Trinajstić information content (AvgIpc) is 2.77. The van der Waals surface area contributed by atoms with Gasteiger partial charge in [-0.05, 0) is 19.9 Å². The Morgan fingerprint density at radius 3 is 2.94 bits per heavy atom. The number of rotatable bonds is 3. The number of aryl methyl sites for hydroxylation is 1. The molecule has 1 atom stereocenters. The number of imidazole rings is 1. The molecule has 2 rings (SSSR count). The lowest BCUT2D eigenvalue weighted by molar-refractivity contribution is 0.563. The topological polar surface area (TPSA) is 43.8 Å². The quantitative estimate of drug-likeness (QED) is 0.854. The van der Waals surface area contributed by atoms with E-state index in [0.717, 1.165) is 5.69 Å². The lowest BCUT2D eigenvalue weighted by Crippen LogP contribution is -2.16.